The molecule has 4 nitrogen and oxygen atoms in total. The molecule has 0 saturated carbocycles. The zero-order valence-electron chi connectivity index (χ0n) is 8.86. The smallest absolute Gasteiger partial charge is 0.344 e. The van der Waals surface area contributed by atoms with Crippen LogP contribution < -0.4 is 4.74 Å². The molecule has 1 N–H and O–H groups in total. The number of benzene rings is 1. The minimum Gasteiger partial charge on any atom is -0.479 e. The summed E-state index contributed by atoms with van der Waals surface area (Å²) in [6.45, 7) is 2.59. The summed E-state index contributed by atoms with van der Waals surface area (Å²) in [6, 6.07) is 3.37. The van der Waals surface area contributed by atoms with E-state index in [9.17, 15) is 14.0 Å². The van der Waals surface area contributed by atoms with Crippen molar-refractivity contribution in [3.63, 3.8) is 0 Å². The number of ketones is 1. The van der Waals surface area contributed by atoms with Crippen molar-refractivity contribution in [2.45, 2.75) is 20.0 Å². The van der Waals surface area contributed by atoms with Crippen molar-refractivity contribution >= 4 is 11.8 Å². The molecular formula is C11H11FO4. The summed E-state index contributed by atoms with van der Waals surface area (Å²) >= 11 is 0. The summed E-state index contributed by atoms with van der Waals surface area (Å²) in [5.74, 6) is -2.03. The molecule has 1 aromatic carbocycles. The topological polar surface area (TPSA) is 63.6 Å². The highest BCUT2D eigenvalue weighted by Gasteiger charge is 2.16. The first kappa shape index (κ1) is 12.2. The molecule has 0 aliphatic rings. The van der Waals surface area contributed by atoms with Gasteiger partial charge in [0.1, 0.15) is 11.6 Å². The Balaban J connectivity index is 3.04. The van der Waals surface area contributed by atoms with E-state index in [0.29, 0.717) is 0 Å². The average Bonchev–Trinajstić information content (AvgIpc) is 2.20. The number of Topliss-reactive ketones (excluding diaryl/α,β-unsaturated/α-hetero) is 1. The average molecular weight is 226 g/mol. The van der Waals surface area contributed by atoms with Gasteiger partial charge in [-0.25, -0.2) is 9.18 Å². The van der Waals surface area contributed by atoms with E-state index in [-0.39, 0.29) is 17.1 Å². The molecule has 1 aromatic rings. The van der Waals surface area contributed by atoms with Crippen molar-refractivity contribution in [1.82, 2.24) is 0 Å². The standard InChI is InChI=1S/C11H11FO4/c1-6(13)9-5-8(12)3-4-10(9)16-7(2)11(14)15/h3-5,7H,1-2H3,(H,14,15). The largest absolute Gasteiger partial charge is 0.479 e. The molecule has 0 spiro atoms. The van der Waals surface area contributed by atoms with Crippen LogP contribution in [0.25, 0.3) is 0 Å². The van der Waals surface area contributed by atoms with E-state index in [0.717, 1.165) is 12.1 Å². The summed E-state index contributed by atoms with van der Waals surface area (Å²) in [7, 11) is 0. The Morgan fingerprint density at radius 2 is 2.06 bits per heavy atom. The molecule has 1 unspecified atom stereocenters. The molecule has 0 heterocycles. The van der Waals surface area contributed by atoms with Crippen LogP contribution in [0.4, 0.5) is 4.39 Å². The second kappa shape index (κ2) is 4.74. The molecule has 5 heteroatoms. The highest BCUT2D eigenvalue weighted by molar-refractivity contribution is 5.96. The van der Waals surface area contributed by atoms with E-state index in [1.54, 1.807) is 0 Å². The number of carboxylic acid groups (broad SMARTS) is 1. The van der Waals surface area contributed by atoms with Gasteiger partial charge in [0, 0.05) is 0 Å². The first-order valence-corrected chi connectivity index (χ1v) is 4.61. The highest BCUT2D eigenvalue weighted by Crippen LogP contribution is 2.21. The second-order valence-corrected chi connectivity index (χ2v) is 3.29. The molecule has 0 aliphatic heterocycles. The predicted octanol–water partition coefficient (Wildman–Crippen LogP) is 1.88. The fourth-order valence-electron chi connectivity index (χ4n) is 1.12. The van der Waals surface area contributed by atoms with Crippen LogP contribution in [0.5, 0.6) is 5.75 Å². The second-order valence-electron chi connectivity index (χ2n) is 3.29. The number of carbonyl (C=O) groups is 2. The van der Waals surface area contributed by atoms with Gasteiger partial charge in [-0.2, -0.15) is 0 Å². The lowest BCUT2D eigenvalue weighted by Crippen LogP contribution is -2.23. The van der Waals surface area contributed by atoms with E-state index < -0.39 is 17.9 Å². The van der Waals surface area contributed by atoms with E-state index in [4.69, 9.17) is 9.84 Å². The molecule has 86 valence electrons. The van der Waals surface area contributed by atoms with Crippen molar-refractivity contribution in [3.05, 3.63) is 29.6 Å². The summed E-state index contributed by atoms with van der Waals surface area (Å²) in [4.78, 5) is 21.7. The molecule has 1 rings (SSSR count). The van der Waals surface area contributed by atoms with Crippen LogP contribution in [-0.4, -0.2) is 23.0 Å². The van der Waals surface area contributed by atoms with E-state index >= 15 is 0 Å². The molecule has 1 atom stereocenters. The van der Waals surface area contributed by atoms with Gasteiger partial charge < -0.3 is 9.84 Å². The van der Waals surface area contributed by atoms with Gasteiger partial charge in [0.2, 0.25) is 0 Å². The first-order valence-electron chi connectivity index (χ1n) is 4.61. The third-order valence-electron chi connectivity index (χ3n) is 1.97. The van der Waals surface area contributed by atoms with Crippen molar-refractivity contribution < 1.29 is 23.8 Å². The van der Waals surface area contributed by atoms with Crippen LogP contribution in [0.15, 0.2) is 18.2 Å². The highest BCUT2D eigenvalue weighted by atomic mass is 19.1. The minimum absolute atomic E-state index is 0.0353. The summed E-state index contributed by atoms with van der Waals surface area (Å²) < 4.78 is 17.9. The molecule has 16 heavy (non-hydrogen) atoms. The quantitative estimate of drug-likeness (QED) is 0.796. The van der Waals surface area contributed by atoms with Crippen LogP contribution in [0, 0.1) is 5.82 Å². The monoisotopic (exact) mass is 226 g/mol. The third-order valence-corrected chi connectivity index (χ3v) is 1.97. The first-order chi connectivity index (χ1) is 7.41. The Bertz CT molecular complexity index is 428. The van der Waals surface area contributed by atoms with E-state index in [2.05, 4.69) is 0 Å². The van der Waals surface area contributed by atoms with Gasteiger partial charge in [-0.1, -0.05) is 0 Å². The number of aliphatic carboxylic acids is 1. The Kier molecular flexibility index (Phi) is 3.60. The number of hydrogen-bond donors (Lipinski definition) is 1. The van der Waals surface area contributed by atoms with Gasteiger partial charge in [0.15, 0.2) is 11.9 Å². The number of carbonyl (C=O) groups excluding carboxylic acids is 1. The summed E-state index contributed by atoms with van der Waals surface area (Å²) in [5.41, 5.74) is 0.0353. The van der Waals surface area contributed by atoms with Crippen molar-refractivity contribution in [3.8, 4) is 5.75 Å². The summed E-state index contributed by atoms with van der Waals surface area (Å²) in [6.07, 6.45) is -1.09. The Labute approximate surface area is 91.7 Å². The Morgan fingerprint density at radius 3 is 2.56 bits per heavy atom. The van der Waals surface area contributed by atoms with Gasteiger partial charge in [-0.3, -0.25) is 4.79 Å². The van der Waals surface area contributed by atoms with Crippen molar-refractivity contribution in [1.29, 1.82) is 0 Å². The number of halogens is 1. The zero-order valence-corrected chi connectivity index (χ0v) is 8.86. The minimum atomic E-state index is -1.15. The van der Waals surface area contributed by atoms with Gasteiger partial charge in [-0.05, 0) is 32.0 Å². The maximum absolute atomic E-state index is 12.9. The molecular weight excluding hydrogens is 215 g/mol. The molecule has 0 aliphatic carbocycles. The number of ether oxygens (including phenoxy) is 1. The molecule has 0 saturated heterocycles. The van der Waals surface area contributed by atoms with Crippen molar-refractivity contribution in [2.75, 3.05) is 0 Å². The van der Waals surface area contributed by atoms with Crippen LogP contribution in [0.3, 0.4) is 0 Å². The molecule has 0 aromatic heterocycles. The Hall–Kier alpha value is -1.91. The molecule has 0 bridgehead atoms. The van der Waals surface area contributed by atoms with E-state index in [1.807, 2.05) is 0 Å². The van der Waals surface area contributed by atoms with Crippen molar-refractivity contribution in [2.24, 2.45) is 0 Å². The normalized spacial score (nSPS) is 11.9. The SMILES string of the molecule is CC(=O)c1cc(F)ccc1OC(C)C(=O)O. The number of carboxylic acids is 1. The maximum Gasteiger partial charge on any atom is 0.344 e. The van der Waals surface area contributed by atoms with Gasteiger partial charge >= 0.3 is 5.97 Å². The molecule has 0 fully saturated rings. The van der Waals surface area contributed by atoms with Crippen LogP contribution in [0.1, 0.15) is 24.2 Å². The van der Waals surface area contributed by atoms with Gasteiger partial charge in [0.05, 0.1) is 5.56 Å². The molecule has 0 radical (unpaired) electrons. The summed E-state index contributed by atoms with van der Waals surface area (Å²) in [5, 5.41) is 8.64. The lowest BCUT2D eigenvalue weighted by atomic mass is 10.1. The zero-order chi connectivity index (χ0) is 12.3. The van der Waals surface area contributed by atoms with Crippen LogP contribution in [0.2, 0.25) is 0 Å². The van der Waals surface area contributed by atoms with Gasteiger partial charge in [-0.15, -0.1) is 0 Å². The van der Waals surface area contributed by atoms with Crippen LogP contribution >= 0.6 is 0 Å². The number of rotatable bonds is 4. The Morgan fingerprint density at radius 1 is 1.44 bits per heavy atom. The lowest BCUT2D eigenvalue weighted by Gasteiger charge is -2.12. The fraction of sp³-hybridized carbons (Fsp3) is 0.273. The maximum atomic E-state index is 12.9. The number of hydrogen-bond acceptors (Lipinski definition) is 3. The van der Waals surface area contributed by atoms with E-state index in [1.165, 1.54) is 19.9 Å². The van der Waals surface area contributed by atoms with Crippen LogP contribution in [-0.2, 0) is 4.79 Å². The molecule has 0 amide bonds. The predicted molar refractivity (Wildman–Crippen MR) is 54.1 cm³/mol. The third kappa shape index (κ3) is 2.79. The lowest BCUT2D eigenvalue weighted by molar-refractivity contribution is -0.144. The van der Waals surface area contributed by atoms with Gasteiger partial charge in [0.25, 0.3) is 0 Å². The fourth-order valence-corrected chi connectivity index (χ4v) is 1.12.